The molecule has 5 heteroatoms. The van der Waals surface area contributed by atoms with E-state index in [1.54, 1.807) is 20.1 Å². The number of benzene rings is 1. The summed E-state index contributed by atoms with van der Waals surface area (Å²) in [5.41, 5.74) is 1.09. The van der Waals surface area contributed by atoms with Crippen LogP contribution in [0.5, 0.6) is 0 Å². The van der Waals surface area contributed by atoms with E-state index in [1.807, 2.05) is 12.1 Å². The minimum absolute atomic E-state index is 0.0907. The lowest BCUT2D eigenvalue weighted by atomic mass is 10.0. The number of aromatic nitrogens is 1. The molecule has 0 amide bonds. The summed E-state index contributed by atoms with van der Waals surface area (Å²) in [5, 5.41) is 10.3. The second-order valence-electron chi connectivity index (χ2n) is 6.02. The van der Waals surface area contributed by atoms with Gasteiger partial charge in [0, 0.05) is 29.3 Å². The number of fused-ring (bicyclic) bond motifs is 1. The highest BCUT2D eigenvalue weighted by atomic mass is 16.5. The van der Waals surface area contributed by atoms with Crippen molar-refractivity contribution in [2.75, 3.05) is 7.11 Å². The average molecular weight is 315 g/mol. The largest absolute Gasteiger partial charge is 0.382 e. The number of carbonyl (C=O) groups excluding carboxylic acids is 1. The van der Waals surface area contributed by atoms with Crippen molar-refractivity contribution in [2.24, 2.45) is 0 Å². The molecule has 2 aromatic rings. The minimum Gasteiger partial charge on any atom is -0.382 e. The molecule has 0 aliphatic carbocycles. The van der Waals surface area contributed by atoms with Crippen LogP contribution < -0.4 is 5.43 Å². The first-order chi connectivity index (χ1) is 10.8. The molecule has 122 valence electrons. The van der Waals surface area contributed by atoms with Crippen molar-refractivity contribution in [1.82, 2.24) is 4.98 Å². The highest BCUT2D eigenvalue weighted by Gasteiger charge is 2.20. The van der Waals surface area contributed by atoms with Gasteiger partial charge in [0.05, 0.1) is 12.1 Å². The molecular formula is C18H21NO4. The molecule has 0 fully saturated rings. The number of aromatic amines is 1. The van der Waals surface area contributed by atoms with E-state index in [4.69, 9.17) is 4.74 Å². The molecule has 0 bridgehead atoms. The van der Waals surface area contributed by atoms with Crippen LogP contribution in [0.4, 0.5) is 0 Å². The number of aliphatic hydroxyl groups is 1. The maximum atomic E-state index is 12.5. The Morgan fingerprint density at radius 3 is 2.70 bits per heavy atom. The molecule has 0 saturated carbocycles. The summed E-state index contributed by atoms with van der Waals surface area (Å²) in [6, 6.07) is 5.46. The number of hydrogen-bond acceptors (Lipinski definition) is 4. The van der Waals surface area contributed by atoms with E-state index in [2.05, 4.69) is 4.98 Å². The lowest BCUT2D eigenvalue weighted by molar-refractivity contribution is -0.128. The van der Waals surface area contributed by atoms with Crippen molar-refractivity contribution >= 4 is 22.8 Å². The van der Waals surface area contributed by atoms with Gasteiger partial charge >= 0.3 is 0 Å². The van der Waals surface area contributed by atoms with E-state index in [0.29, 0.717) is 28.8 Å². The van der Waals surface area contributed by atoms with Crippen molar-refractivity contribution in [2.45, 2.75) is 33.0 Å². The van der Waals surface area contributed by atoms with Crippen molar-refractivity contribution in [1.29, 1.82) is 0 Å². The number of ether oxygens (including phenoxy) is 1. The molecule has 0 aliphatic rings. The summed E-state index contributed by atoms with van der Waals surface area (Å²) in [5.74, 6) is -0.428. The molecule has 0 atom stereocenters. The minimum atomic E-state index is -1.44. The van der Waals surface area contributed by atoms with Crippen LogP contribution in [0.15, 0.2) is 29.1 Å². The maximum absolute atomic E-state index is 12.5. The Labute approximate surface area is 134 Å². The molecule has 0 saturated heterocycles. The number of hydrogen-bond donors (Lipinski definition) is 2. The summed E-state index contributed by atoms with van der Waals surface area (Å²) in [6.45, 7) is 4.93. The number of H-pyrrole nitrogens is 1. The monoisotopic (exact) mass is 315 g/mol. The number of ketones is 1. The van der Waals surface area contributed by atoms with Crippen LogP contribution in [-0.4, -0.2) is 28.6 Å². The third-order valence-corrected chi connectivity index (χ3v) is 3.70. The Balaban J connectivity index is 2.59. The zero-order chi connectivity index (χ0) is 17.2. The molecule has 0 radical (unpaired) electrons. The predicted octanol–water partition coefficient (Wildman–Crippen LogP) is 2.34. The van der Waals surface area contributed by atoms with E-state index < -0.39 is 11.4 Å². The van der Waals surface area contributed by atoms with Crippen LogP contribution in [0.2, 0.25) is 0 Å². The summed E-state index contributed by atoms with van der Waals surface area (Å²) in [6.07, 6.45) is 2.81. The highest BCUT2D eigenvalue weighted by Crippen LogP contribution is 2.18. The van der Waals surface area contributed by atoms with Crippen molar-refractivity contribution in [3.8, 4) is 0 Å². The SMILES string of the molecule is COCc1cccc2c(=O)c(C)c(C=CC(=O)C(C)(C)O)[nH]c12. The van der Waals surface area contributed by atoms with Gasteiger partial charge in [0.1, 0.15) is 5.60 Å². The zero-order valence-electron chi connectivity index (χ0n) is 13.8. The normalized spacial score (nSPS) is 12.2. The first-order valence-corrected chi connectivity index (χ1v) is 7.34. The van der Waals surface area contributed by atoms with Gasteiger partial charge in [0.15, 0.2) is 11.2 Å². The Morgan fingerprint density at radius 1 is 1.39 bits per heavy atom. The average Bonchev–Trinajstić information content (AvgIpc) is 2.49. The maximum Gasteiger partial charge on any atom is 0.192 e. The highest BCUT2D eigenvalue weighted by molar-refractivity contribution is 5.99. The van der Waals surface area contributed by atoms with Crippen LogP contribution >= 0.6 is 0 Å². The number of rotatable bonds is 5. The molecule has 2 N–H and O–H groups in total. The molecule has 0 aliphatic heterocycles. The van der Waals surface area contributed by atoms with Crippen LogP contribution in [0.25, 0.3) is 17.0 Å². The fourth-order valence-corrected chi connectivity index (χ4v) is 2.30. The van der Waals surface area contributed by atoms with Gasteiger partial charge < -0.3 is 14.8 Å². The van der Waals surface area contributed by atoms with Crippen molar-refractivity contribution in [3.63, 3.8) is 0 Å². The van der Waals surface area contributed by atoms with Gasteiger partial charge in [-0.15, -0.1) is 0 Å². The van der Waals surface area contributed by atoms with E-state index >= 15 is 0 Å². The Kier molecular flexibility index (Phi) is 4.82. The van der Waals surface area contributed by atoms with Crippen LogP contribution in [0.3, 0.4) is 0 Å². The Hall–Kier alpha value is -2.24. The summed E-state index contributed by atoms with van der Waals surface area (Å²) < 4.78 is 5.16. The summed E-state index contributed by atoms with van der Waals surface area (Å²) in [7, 11) is 1.59. The first kappa shape index (κ1) is 17.1. The number of carbonyl (C=O) groups is 1. The molecule has 0 spiro atoms. The molecular weight excluding hydrogens is 294 g/mol. The van der Waals surface area contributed by atoms with Gasteiger partial charge in [-0.25, -0.2) is 0 Å². The third-order valence-electron chi connectivity index (χ3n) is 3.70. The number of nitrogens with one attached hydrogen (secondary N) is 1. The van der Waals surface area contributed by atoms with Gasteiger partial charge in [-0.2, -0.15) is 0 Å². The van der Waals surface area contributed by atoms with Gasteiger partial charge in [-0.3, -0.25) is 9.59 Å². The van der Waals surface area contributed by atoms with E-state index in [0.717, 1.165) is 5.56 Å². The second kappa shape index (κ2) is 6.48. The fraction of sp³-hybridized carbons (Fsp3) is 0.333. The molecule has 1 aromatic carbocycles. The third kappa shape index (κ3) is 3.57. The van der Waals surface area contributed by atoms with Crippen molar-refractivity contribution in [3.05, 3.63) is 51.3 Å². The molecule has 1 heterocycles. The lowest BCUT2D eigenvalue weighted by Crippen LogP contribution is -2.29. The standard InChI is InChI=1S/C18H21NO4/c1-11-14(8-9-15(20)18(2,3)22)19-16-12(10-23-4)6-5-7-13(16)17(11)21/h5-9,22H,10H2,1-4H3,(H,19,21). The molecule has 5 nitrogen and oxygen atoms in total. The van der Waals surface area contributed by atoms with Crippen LogP contribution in [-0.2, 0) is 16.1 Å². The molecule has 1 aromatic heterocycles. The topological polar surface area (TPSA) is 79.4 Å². The van der Waals surface area contributed by atoms with E-state index in [1.165, 1.54) is 26.0 Å². The van der Waals surface area contributed by atoms with Gasteiger partial charge in [-0.1, -0.05) is 12.1 Å². The van der Waals surface area contributed by atoms with E-state index in [-0.39, 0.29) is 5.43 Å². The van der Waals surface area contributed by atoms with Crippen LogP contribution in [0.1, 0.15) is 30.7 Å². The number of pyridine rings is 1. The summed E-state index contributed by atoms with van der Waals surface area (Å²) in [4.78, 5) is 27.5. The van der Waals surface area contributed by atoms with Crippen molar-refractivity contribution < 1.29 is 14.6 Å². The first-order valence-electron chi connectivity index (χ1n) is 7.34. The number of para-hydroxylation sites is 1. The van der Waals surface area contributed by atoms with Gasteiger partial charge in [-0.05, 0) is 39.0 Å². The predicted molar refractivity (Wildman–Crippen MR) is 90.4 cm³/mol. The van der Waals surface area contributed by atoms with Gasteiger partial charge in [0.2, 0.25) is 0 Å². The molecule has 23 heavy (non-hydrogen) atoms. The smallest absolute Gasteiger partial charge is 0.192 e. The lowest BCUT2D eigenvalue weighted by Gasteiger charge is -2.12. The Morgan fingerprint density at radius 2 is 2.09 bits per heavy atom. The zero-order valence-corrected chi connectivity index (χ0v) is 13.8. The van der Waals surface area contributed by atoms with Crippen LogP contribution in [0, 0.1) is 6.92 Å². The number of methoxy groups -OCH3 is 1. The van der Waals surface area contributed by atoms with Gasteiger partial charge in [0.25, 0.3) is 0 Å². The molecule has 2 rings (SSSR count). The Bertz CT molecular complexity index is 825. The fourth-order valence-electron chi connectivity index (χ4n) is 2.30. The molecule has 0 unspecified atom stereocenters. The van der Waals surface area contributed by atoms with E-state index in [9.17, 15) is 14.7 Å². The summed E-state index contributed by atoms with van der Waals surface area (Å²) >= 11 is 0. The second-order valence-corrected chi connectivity index (χ2v) is 6.02. The quantitative estimate of drug-likeness (QED) is 0.830.